The number of urea groups is 1. The van der Waals surface area contributed by atoms with Crippen LogP contribution in [-0.4, -0.2) is 78.7 Å². The Morgan fingerprint density at radius 3 is 2.60 bits per heavy atom. The molecule has 0 aliphatic carbocycles. The molecule has 1 aromatic rings. The van der Waals surface area contributed by atoms with Crippen molar-refractivity contribution >= 4 is 29.9 Å². The number of rotatable bonds is 7. The molecule has 2 fully saturated rings. The number of likely N-dealkylation sites (tertiary alicyclic amines) is 1. The summed E-state index contributed by atoms with van der Waals surface area (Å²) < 4.78 is 10.4. The summed E-state index contributed by atoms with van der Waals surface area (Å²) in [5, 5.41) is 2.79. The molecule has 1 unspecified atom stereocenters. The Hall–Kier alpha value is -2.42. The smallest absolute Gasteiger partial charge is 0.410 e. The molecule has 2 atom stereocenters. The fraction of sp³-hybridized carbons (Fsp3) is 0.571. The normalized spacial score (nSPS) is 20.6. The van der Waals surface area contributed by atoms with Gasteiger partial charge in [0.2, 0.25) is 0 Å². The van der Waals surface area contributed by atoms with E-state index in [0.717, 1.165) is 11.3 Å². The number of nitrogens with zero attached hydrogens (tertiary/aromatic N) is 2. The molecule has 30 heavy (non-hydrogen) atoms. The van der Waals surface area contributed by atoms with E-state index in [1.165, 1.54) is 7.11 Å². The van der Waals surface area contributed by atoms with Gasteiger partial charge in [-0.3, -0.25) is 0 Å². The minimum Gasteiger partial charge on any atom is -0.467 e. The van der Waals surface area contributed by atoms with Crippen LogP contribution >= 0.6 is 11.8 Å². The minimum atomic E-state index is -0.645. The first kappa shape index (κ1) is 22.3. The minimum absolute atomic E-state index is 0.0446. The second kappa shape index (κ2) is 10.6. The molecule has 0 radical (unpaired) electrons. The number of hydrogen-bond donors (Lipinski definition) is 1. The Labute approximate surface area is 181 Å². The van der Waals surface area contributed by atoms with Gasteiger partial charge in [0.05, 0.1) is 13.7 Å². The Morgan fingerprint density at radius 1 is 1.27 bits per heavy atom. The Kier molecular flexibility index (Phi) is 7.84. The third-order valence-electron chi connectivity index (χ3n) is 5.60. The van der Waals surface area contributed by atoms with Crippen LogP contribution in [0.2, 0.25) is 0 Å². The predicted octanol–water partition coefficient (Wildman–Crippen LogP) is 2.65. The van der Waals surface area contributed by atoms with Crippen molar-refractivity contribution in [3.8, 4) is 0 Å². The number of carbonyl (C=O) groups is 3. The van der Waals surface area contributed by atoms with Crippen LogP contribution in [0.4, 0.5) is 9.59 Å². The fourth-order valence-corrected chi connectivity index (χ4v) is 4.34. The van der Waals surface area contributed by atoms with Crippen LogP contribution in [0.25, 0.3) is 0 Å². The monoisotopic (exact) mass is 435 g/mol. The van der Waals surface area contributed by atoms with Gasteiger partial charge in [0.15, 0.2) is 0 Å². The molecule has 8 nitrogen and oxygen atoms in total. The van der Waals surface area contributed by atoms with Gasteiger partial charge < -0.3 is 24.6 Å². The fourth-order valence-electron chi connectivity index (χ4n) is 3.87. The summed E-state index contributed by atoms with van der Waals surface area (Å²) in [6.45, 7) is 1.57. The number of ether oxygens (including phenoxy) is 2. The van der Waals surface area contributed by atoms with E-state index in [0.29, 0.717) is 38.9 Å². The number of esters is 1. The summed E-state index contributed by atoms with van der Waals surface area (Å²) >= 11 is 1.61. The van der Waals surface area contributed by atoms with Gasteiger partial charge in [-0.05, 0) is 36.8 Å². The average Bonchev–Trinajstić information content (AvgIpc) is 3.18. The van der Waals surface area contributed by atoms with E-state index in [-0.39, 0.29) is 24.3 Å². The second-order valence-electron chi connectivity index (χ2n) is 7.46. The molecule has 9 heteroatoms. The van der Waals surface area contributed by atoms with Crippen LogP contribution in [0.15, 0.2) is 30.3 Å². The Bertz CT molecular complexity index is 739. The molecule has 0 spiro atoms. The molecule has 3 amide bonds. The van der Waals surface area contributed by atoms with E-state index in [9.17, 15) is 14.4 Å². The number of piperidine rings is 1. The van der Waals surface area contributed by atoms with Crippen LogP contribution < -0.4 is 5.32 Å². The zero-order valence-electron chi connectivity index (χ0n) is 17.4. The van der Waals surface area contributed by atoms with Gasteiger partial charge in [-0.25, -0.2) is 14.4 Å². The number of amides is 3. The van der Waals surface area contributed by atoms with E-state index in [2.05, 4.69) is 5.32 Å². The van der Waals surface area contributed by atoms with Crippen molar-refractivity contribution < 1.29 is 23.9 Å². The van der Waals surface area contributed by atoms with Gasteiger partial charge in [-0.15, -0.1) is 0 Å². The van der Waals surface area contributed by atoms with Gasteiger partial charge >= 0.3 is 18.1 Å². The quantitative estimate of drug-likeness (QED) is 0.663. The molecule has 1 aromatic carbocycles. The number of nitrogens with one attached hydrogen (secondary N) is 1. The highest BCUT2D eigenvalue weighted by atomic mass is 32.2. The molecule has 3 rings (SSSR count). The van der Waals surface area contributed by atoms with E-state index < -0.39 is 12.0 Å². The van der Waals surface area contributed by atoms with Gasteiger partial charge in [0, 0.05) is 19.1 Å². The number of benzene rings is 1. The zero-order valence-corrected chi connectivity index (χ0v) is 18.2. The van der Waals surface area contributed by atoms with Gasteiger partial charge in [-0.2, -0.15) is 11.8 Å². The van der Waals surface area contributed by atoms with E-state index in [1.54, 1.807) is 21.6 Å². The first-order chi connectivity index (χ1) is 14.5. The van der Waals surface area contributed by atoms with Gasteiger partial charge in [0.1, 0.15) is 12.1 Å². The van der Waals surface area contributed by atoms with E-state index in [4.69, 9.17) is 9.47 Å². The molecule has 0 bridgehead atoms. The second-order valence-corrected chi connectivity index (χ2v) is 8.45. The molecule has 2 aliphatic heterocycles. The first-order valence-corrected chi connectivity index (χ1v) is 11.6. The topological polar surface area (TPSA) is 88.2 Å². The van der Waals surface area contributed by atoms with Crippen molar-refractivity contribution in [1.82, 2.24) is 15.1 Å². The number of methoxy groups -OCH3 is 1. The van der Waals surface area contributed by atoms with Crippen LogP contribution in [0.5, 0.6) is 0 Å². The lowest BCUT2D eigenvalue weighted by Crippen LogP contribution is -2.53. The number of hydrogen-bond acceptors (Lipinski definition) is 6. The summed E-state index contributed by atoms with van der Waals surface area (Å²) in [5.41, 5.74) is 0.990. The average molecular weight is 436 g/mol. The van der Waals surface area contributed by atoms with Crippen molar-refractivity contribution in [1.29, 1.82) is 0 Å². The lowest BCUT2D eigenvalue weighted by Gasteiger charge is -2.36. The Balaban J connectivity index is 1.51. The van der Waals surface area contributed by atoms with Crippen molar-refractivity contribution in [2.75, 3.05) is 38.8 Å². The van der Waals surface area contributed by atoms with Crippen LogP contribution in [0.3, 0.4) is 0 Å². The highest BCUT2D eigenvalue weighted by Crippen LogP contribution is 2.30. The molecule has 0 saturated carbocycles. The van der Waals surface area contributed by atoms with Crippen molar-refractivity contribution in [2.24, 2.45) is 0 Å². The first-order valence-electron chi connectivity index (χ1n) is 10.2. The third-order valence-corrected chi connectivity index (χ3v) is 6.24. The van der Waals surface area contributed by atoms with E-state index in [1.807, 2.05) is 36.6 Å². The maximum atomic E-state index is 12.6. The third kappa shape index (κ3) is 5.38. The summed E-state index contributed by atoms with van der Waals surface area (Å²) in [7, 11) is 1.32. The lowest BCUT2D eigenvalue weighted by molar-refractivity contribution is -0.142. The van der Waals surface area contributed by atoms with Gasteiger partial charge in [0.25, 0.3) is 0 Å². The van der Waals surface area contributed by atoms with Crippen molar-refractivity contribution in [3.05, 3.63) is 35.9 Å². The summed E-state index contributed by atoms with van der Waals surface area (Å²) in [4.78, 5) is 40.4. The molecule has 2 aliphatic rings. The van der Waals surface area contributed by atoms with Crippen molar-refractivity contribution in [3.63, 3.8) is 0 Å². The van der Waals surface area contributed by atoms with Crippen LogP contribution in [0, 0.1) is 0 Å². The molecule has 2 saturated heterocycles. The lowest BCUT2D eigenvalue weighted by atomic mass is 10.0. The summed E-state index contributed by atoms with van der Waals surface area (Å²) in [6, 6.07) is 8.86. The molecule has 164 valence electrons. The maximum absolute atomic E-state index is 12.6. The summed E-state index contributed by atoms with van der Waals surface area (Å²) in [6.07, 6.45) is 3.28. The highest BCUT2D eigenvalue weighted by molar-refractivity contribution is 7.98. The number of thioether (sulfide) groups is 1. The molecular weight excluding hydrogens is 406 g/mol. The molecule has 0 aromatic heterocycles. The van der Waals surface area contributed by atoms with Crippen LogP contribution in [-0.2, 0) is 14.3 Å². The zero-order chi connectivity index (χ0) is 21.5. The molecule has 2 heterocycles. The van der Waals surface area contributed by atoms with E-state index >= 15 is 0 Å². The van der Waals surface area contributed by atoms with Gasteiger partial charge in [-0.1, -0.05) is 30.3 Å². The summed E-state index contributed by atoms with van der Waals surface area (Å²) in [5.74, 6) is 0.320. The largest absolute Gasteiger partial charge is 0.467 e. The number of carbonyl (C=O) groups excluding carboxylic acids is 3. The standard InChI is InChI=1S/C21H29N3O5S/c1-28-19(25)17(10-13-30-2)22-20(26)23-11-8-16(9-12-23)24-14-18(29-21(24)27)15-6-4-3-5-7-15/h3-7,16-18H,8-14H2,1-2H3,(H,22,26)/t17-,18?/m0/s1. The molecule has 1 N–H and O–H groups in total. The highest BCUT2D eigenvalue weighted by Gasteiger charge is 2.38. The van der Waals surface area contributed by atoms with Crippen LogP contribution in [0.1, 0.15) is 30.9 Å². The Morgan fingerprint density at radius 2 is 1.97 bits per heavy atom. The predicted molar refractivity (Wildman–Crippen MR) is 114 cm³/mol. The maximum Gasteiger partial charge on any atom is 0.410 e. The molecular formula is C21H29N3O5S. The van der Waals surface area contributed by atoms with Crippen molar-refractivity contribution in [2.45, 2.75) is 37.5 Å². The number of cyclic esters (lactones) is 1. The SMILES string of the molecule is COC(=O)[C@H](CCSC)NC(=O)N1CCC(N2CC(c3ccccc3)OC2=O)CC1.